The van der Waals surface area contributed by atoms with Crippen LogP contribution >= 0.6 is 0 Å². The molecule has 3 aromatic heterocycles. The Morgan fingerprint density at radius 3 is 2.22 bits per heavy atom. The van der Waals surface area contributed by atoms with Crippen molar-refractivity contribution >= 4 is 23.0 Å². The average molecular weight is 359 g/mol. The van der Waals surface area contributed by atoms with Gasteiger partial charge in [0.1, 0.15) is 11.5 Å². The molecular weight excluding hydrogens is 342 g/mol. The van der Waals surface area contributed by atoms with E-state index < -0.39 is 0 Å². The van der Waals surface area contributed by atoms with Crippen LogP contribution in [0.1, 0.15) is 17.2 Å². The third-order valence-electron chi connectivity index (χ3n) is 4.03. The topological polar surface area (TPSA) is 72.4 Å². The Morgan fingerprint density at radius 1 is 0.926 bits per heavy atom. The molecule has 4 aromatic rings. The molecule has 4 rings (SSSR count). The van der Waals surface area contributed by atoms with Crippen LogP contribution in [0.2, 0.25) is 0 Å². The van der Waals surface area contributed by atoms with E-state index in [1.165, 1.54) is 6.08 Å². The normalized spacial score (nSPS) is 11.3. The largest absolute Gasteiger partial charge is 0.467 e. The van der Waals surface area contributed by atoms with Crippen LogP contribution in [0.25, 0.3) is 17.1 Å². The highest BCUT2D eigenvalue weighted by molar-refractivity contribution is 5.91. The molecule has 0 unspecified atom stereocenters. The minimum Gasteiger partial charge on any atom is -0.467 e. The zero-order valence-electron chi connectivity index (χ0n) is 14.5. The lowest BCUT2D eigenvalue weighted by atomic mass is 10.2. The molecule has 0 saturated carbocycles. The lowest BCUT2D eigenvalue weighted by molar-refractivity contribution is -0.127. The Bertz CT molecular complexity index is 1020. The molecule has 1 amide bonds. The van der Waals surface area contributed by atoms with Crippen LogP contribution in [0.5, 0.6) is 0 Å². The van der Waals surface area contributed by atoms with Crippen molar-refractivity contribution in [1.29, 1.82) is 0 Å². The van der Waals surface area contributed by atoms with E-state index in [4.69, 9.17) is 8.83 Å². The van der Waals surface area contributed by atoms with Crippen LogP contribution in [0.4, 0.5) is 0 Å². The highest BCUT2D eigenvalue weighted by Gasteiger charge is 2.15. The molecule has 0 aliphatic heterocycles. The molecule has 0 saturated heterocycles. The fraction of sp³-hybridized carbons (Fsp3) is 0.0952. The lowest BCUT2D eigenvalue weighted by Gasteiger charge is -2.18. The van der Waals surface area contributed by atoms with Gasteiger partial charge < -0.3 is 13.7 Å². The first kappa shape index (κ1) is 16.8. The zero-order valence-corrected chi connectivity index (χ0v) is 14.5. The van der Waals surface area contributed by atoms with Gasteiger partial charge in [0, 0.05) is 6.08 Å². The standard InChI is InChI=1S/C21H17N3O3/c25-21(10-9-16-13-22-19-7-1-2-8-20(19)23-16)24(14-17-5-3-11-26-17)15-18-6-4-12-27-18/h1-13H,14-15H2/b10-9+. The maximum atomic E-state index is 12.7. The summed E-state index contributed by atoms with van der Waals surface area (Å²) in [5.74, 6) is 1.24. The van der Waals surface area contributed by atoms with Crippen molar-refractivity contribution in [3.8, 4) is 0 Å². The summed E-state index contributed by atoms with van der Waals surface area (Å²) in [5.41, 5.74) is 2.23. The number of hydrogen-bond donors (Lipinski definition) is 0. The Morgan fingerprint density at radius 2 is 1.59 bits per heavy atom. The fourth-order valence-electron chi connectivity index (χ4n) is 2.71. The van der Waals surface area contributed by atoms with Gasteiger partial charge in [0.2, 0.25) is 5.91 Å². The minimum atomic E-state index is -0.169. The molecule has 0 N–H and O–H groups in total. The van der Waals surface area contributed by atoms with Crippen molar-refractivity contribution in [2.45, 2.75) is 13.1 Å². The number of para-hydroxylation sites is 2. The second-order valence-electron chi connectivity index (χ2n) is 5.97. The molecule has 6 heteroatoms. The average Bonchev–Trinajstić information content (AvgIpc) is 3.39. The monoisotopic (exact) mass is 359 g/mol. The second-order valence-corrected chi connectivity index (χ2v) is 5.97. The molecule has 0 radical (unpaired) electrons. The van der Waals surface area contributed by atoms with Gasteiger partial charge in [-0.25, -0.2) is 4.98 Å². The summed E-state index contributed by atoms with van der Waals surface area (Å²) in [5, 5.41) is 0. The quantitative estimate of drug-likeness (QED) is 0.486. The van der Waals surface area contributed by atoms with Crippen LogP contribution in [0, 0.1) is 0 Å². The van der Waals surface area contributed by atoms with E-state index >= 15 is 0 Å². The number of benzene rings is 1. The predicted octanol–water partition coefficient (Wildman–Crippen LogP) is 4.06. The Hall–Kier alpha value is -3.67. The summed E-state index contributed by atoms with van der Waals surface area (Å²) in [7, 11) is 0. The van der Waals surface area contributed by atoms with Crippen molar-refractivity contribution in [2.75, 3.05) is 0 Å². The molecule has 3 heterocycles. The van der Waals surface area contributed by atoms with Crippen LogP contribution in [-0.4, -0.2) is 20.8 Å². The number of fused-ring (bicyclic) bond motifs is 1. The van der Waals surface area contributed by atoms with Crippen molar-refractivity contribution in [3.05, 3.63) is 90.5 Å². The Kier molecular flexibility index (Phi) is 4.78. The van der Waals surface area contributed by atoms with Gasteiger partial charge in [-0.3, -0.25) is 9.78 Å². The maximum Gasteiger partial charge on any atom is 0.247 e. The number of carbonyl (C=O) groups is 1. The molecule has 0 aliphatic carbocycles. The third kappa shape index (κ3) is 4.12. The van der Waals surface area contributed by atoms with Gasteiger partial charge in [0.25, 0.3) is 0 Å². The summed E-state index contributed by atoms with van der Waals surface area (Å²) < 4.78 is 10.7. The van der Waals surface area contributed by atoms with Crippen molar-refractivity contribution in [2.24, 2.45) is 0 Å². The Labute approximate surface area is 155 Å². The van der Waals surface area contributed by atoms with E-state index in [2.05, 4.69) is 9.97 Å². The zero-order chi connectivity index (χ0) is 18.5. The van der Waals surface area contributed by atoms with Crippen LogP contribution in [0.3, 0.4) is 0 Å². The highest BCUT2D eigenvalue weighted by Crippen LogP contribution is 2.13. The van der Waals surface area contributed by atoms with Gasteiger partial charge >= 0.3 is 0 Å². The van der Waals surface area contributed by atoms with E-state index in [1.807, 2.05) is 36.4 Å². The SMILES string of the molecule is O=C(/C=C/c1cnc2ccccc2n1)N(Cc1ccco1)Cc1ccco1. The summed E-state index contributed by atoms with van der Waals surface area (Å²) in [6, 6.07) is 14.9. The van der Waals surface area contributed by atoms with Gasteiger partial charge in [-0.1, -0.05) is 12.1 Å². The maximum absolute atomic E-state index is 12.7. The number of carbonyl (C=O) groups excluding carboxylic acids is 1. The molecule has 27 heavy (non-hydrogen) atoms. The van der Waals surface area contributed by atoms with Gasteiger partial charge in [-0.2, -0.15) is 0 Å². The molecule has 0 atom stereocenters. The number of furan rings is 2. The van der Waals surface area contributed by atoms with E-state index in [-0.39, 0.29) is 5.91 Å². The first-order chi connectivity index (χ1) is 13.3. The smallest absolute Gasteiger partial charge is 0.247 e. The number of hydrogen-bond acceptors (Lipinski definition) is 5. The number of nitrogens with zero attached hydrogens (tertiary/aromatic N) is 3. The summed E-state index contributed by atoms with van der Waals surface area (Å²) >= 11 is 0. The lowest BCUT2D eigenvalue weighted by Crippen LogP contribution is -2.28. The van der Waals surface area contributed by atoms with E-state index in [1.54, 1.807) is 41.8 Å². The first-order valence-corrected chi connectivity index (χ1v) is 8.51. The third-order valence-corrected chi connectivity index (χ3v) is 4.03. The van der Waals surface area contributed by atoms with Crippen LogP contribution in [-0.2, 0) is 17.9 Å². The summed E-state index contributed by atoms with van der Waals surface area (Å²) in [4.78, 5) is 23.2. The summed E-state index contributed by atoms with van der Waals surface area (Å²) in [6.07, 6.45) is 7.98. The molecule has 0 aliphatic rings. The first-order valence-electron chi connectivity index (χ1n) is 8.51. The van der Waals surface area contributed by atoms with Gasteiger partial charge in [0.15, 0.2) is 0 Å². The second kappa shape index (κ2) is 7.70. The molecule has 0 fully saturated rings. The number of aromatic nitrogens is 2. The van der Waals surface area contributed by atoms with Gasteiger partial charge in [-0.15, -0.1) is 0 Å². The Balaban J connectivity index is 1.53. The van der Waals surface area contributed by atoms with E-state index in [9.17, 15) is 4.79 Å². The number of rotatable bonds is 6. The van der Waals surface area contributed by atoms with Gasteiger partial charge in [0.05, 0.1) is 48.5 Å². The molecule has 0 bridgehead atoms. The molecule has 134 valence electrons. The van der Waals surface area contributed by atoms with Crippen molar-refractivity contribution in [1.82, 2.24) is 14.9 Å². The molecule has 1 aromatic carbocycles. The fourth-order valence-corrected chi connectivity index (χ4v) is 2.71. The van der Waals surface area contributed by atoms with E-state index in [0.29, 0.717) is 30.3 Å². The van der Waals surface area contributed by atoms with Crippen LogP contribution in [0.15, 0.2) is 82.2 Å². The van der Waals surface area contributed by atoms with Crippen molar-refractivity contribution in [3.63, 3.8) is 0 Å². The summed E-state index contributed by atoms with van der Waals surface area (Å²) in [6.45, 7) is 0.695. The van der Waals surface area contributed by atoms with Crippen LogP contribution < -0.4 is 0 Å². The van der Waals surface area contributed by atoms with Crippen molar-refractivity contribution < 1.29 is 13.6 Å². The van der Waals surface area contributed by atoms with Gasteiger partial charge in [-0.05, 0) is 42.5 Å². The molecule has 0 spiro atoms. The van der Waals surface area contributed by atoms with E-state index in [0.717, 1.165) is 11.0 Å². The minimum absolute atomic E-state index is 0.169. The molecule has 6 nitrogen and oxygen atoms in total. The number of amides is 1. The molecular formula is C21H17N3O3. The highest BCUT2D eigenvalue weighted by atomic mass is 16.3. The predicted molar refractivity (Wildman–Crippen MR) is 100 cm³/mol.